The minimum Gasteiger partial charge on any atom is -0.294 e. The van der Waals surface area contributed by atoms with Gasteiger partial charge in [0.05, 0.1) is 0 Å². The zero-order valence-electron chi connectivity index (χ0n) is 12.3. The van der Waals surface area contributed by atoms with Crippen molar-refractivity contribution >= 4 is 5.78 Å². The van der Waals surface area contributed by atoms with Crippen molar-refractivity contribution < 1.29 is 4.79 Å². The van der Waals surface area contributed by atoms with E-state index in [0.717, 1.165) is 27.8 Å². The van der Waals surface area contributed by atoms with Crippen LogP contribution in [0.5, 0.6) is 0 Å². The summed E-state index contributed by atoms with van der Waals surface area (Å²) in [5, 5.41) is 0. The van der Waals surface area contributed by atoms with Gasteiger partial charge in [0.15, 0.2) is 5.78 Å². The maximum Gasteiger partial charge on any atom is 0.167 e. The molecule has 1 rings (SSSR count). The number of rotatable bonds is 5. The minimum atomic E-state index is 0.144. The van der Waals surface area contributed by atoms with Gasteiger partial charge in [0, 0.05) is 12.0 Å². The van der Waals surface area contributed by atoms with Crippen LogP contribution in [-0.4, -0.2) is 5.78 Å². The van der Waals surface area contributed by atoms with Crippen LogP contribution in [0.1, 0.15) is 41.8 Å². The Morgan fingerprint density at radius 2 is 1.79 bits per heavy atom. The molecular weight excluding hydrogens is 232 g/mol. The van der Waals surface area contributed by atoms with Gasteiger partial charge >= 0.3 is 0 Å². The third-order valence-corrected chi connectivity index (χ3v) is 2.93. The summed E-state index contributed by atoms with van der Waals surface area (Å²) in [6.45, 7) is 11.9. The fourth-order valence-corrected chi connectivity index (χ4v) is 1.98. The van der Waals surface area contributed by atoms with Crippen LogP contribution in [0, 0.1) is 13.8 Å². The number of benzene rings is 1. The average molecular weight is 254 g/mol. The lowest BCUT2D eigenvalue weighted by Crippen LogP contribution is -2.02. The fraction of sp³-hybridized carbons (Fsp3) is 0.278. The lowest BCUT2D eigenvalue weighted by atomic mass is 9.96. The van der Waals surface area contributed by atoms with Gasteiger partial charge in [-0.1, -0.05) is 47.6 Å². The Kier molecular flexibility index (Phi) is 5.50. The molecule has 0 aliphatic rings. The van der Waals surface area contributed by atoms with Gasteiger partial charge in [0.25, 0.3) is 0 Å². The molecule has 0 heterocycles. The molecule has 0 saturated carbocycles. The van der Waals surface area contributed by atoms with Gasteiger partial charge in [-0.3, -0.25) is 4.79 Å². The predicted octanol–water partition coefficient (Wildman–Crippen LogP) is 4.95. The van der Waals surface area contributed by atoms with Gasteiger partial charge in [0.1, 0.15) is 0 Å². The molecule has 0 amide bonds. The highest BCUT2D eigenvalue weighted by atomic mass is 16.1. The summed E-state index contributed by atoms with van der Waals surface area (Å²) in [7, 11) is 0. The van der Waals surface area contributed by atoms with Gasteiger partial charge in [-0.25, -0.2) is 0 Å². The zero-order chi connectivity index (χ0) is 14.4. The van der Waals surface area contributed by atoms with Crippen molar-refractivity contribution in [1.82, 2.24) is 0 Å². The Hall–Kier alpha value is -1.89. The summed E-state index contributed by atoms with van der Waals surface area (Å²) in [4.78, 5) is 12.3. The van der Waals surface area contributed by atoms with E-state index in [2.05, 4.69) is 12.6 Å². The van der Waals surface area contributed by atoms with Crippen LogP contribution in [0.15, 0.2) is 54.2 Å². The summed E-state index contributed by atoms with van der Waals surface area (Å²) in [6, 6.07) is 5.97. The molecule has 0 aromatic heterocycles. The van der Waals surface area contributed by atoms with Crippen LogP contribution in [-0.2, 0) is 0 Å². The number of carbonyl (C=O) groups is 1. The molecule has 0 radical (unpaired) electrons. The Balaban J connectivity index is 2.97. The monoisotopic (exact) mass is 254 g/mol. The van der Waals surface area contributed by atoms with Crippen molar-refractivity contribution in [3.63, 3.8) is 0 Å². The van der Waals surface area contributed by atoms with E-state index in [1.54, 1.807) is 0 Å². The lowest BCUT2D eigenvalue weighted by Gasteiger charge is -2.07. The van der Waals surface area contributed by atoms with Crippen LogP contribution >= 0.6 is 0 Å². The Bertz CT molecular complexity index is 525. The first kappa shape index (κ1) is 15.2. The second-order valence-corrected chi connectivity index (χ2v) is 4.97. The maximum atomic E-state index is 12.3. The molecule has 0 fully saturated rings. The lowest BCUT2D eigenvalue weighted by molar-refractivity contribution is 0.0993. The SMILES string of the molecule is C=C(C)/C(=C\C=C/C)CC(=O)c1cc(C)cc(C)c1. The third kappa shape index (κ3) is 4.70. The molecular formula is C18H22O. The van der Waals surface area contributed by atoms with Gasteiger partial charge < -0.3 is 0 Å². The highest BCUT2D eigenvalue weighted by Gasteiger charge is 2.10. The number of Topliss-reactive ketones (excluding diaryl/α,β-unsaturated/α-hetero) is 1. The molecule has 0 N–H and O–H groups in total. The molecule has 1 heteroatoms. The number of allylic oxidation sites excluding steroid dienone is 5. The van der Waals surface area contributed by atoms with E-state index in [9.17, 15) is 4.79 Å². The number of carbonyl (C=O) groups excluding carboxylic acids is 1. The number of hydrogen-bond acceptors (Lipinski definition) is 1. The molecule has 0 spiro atoms. The number of aryl methyl sites for hydroxylation is 2. The Labute approximate surface area is 116 Å². The number of ketones is 1. The molecule has 19 heavy (non-hydrogen) atoms. The average Bonchev–Trinajstić information content (AvgIpc) is 2.32. The van der Waals surface area contributed by atoms with Crippen molar-refractivity contribution in [3.8, 4) is 0 Å². The summed E-state index contributed by atoms with van der Waals surface area (Å²) in [5.74, 6) is 0.144. The second kappa shape index (κ2) is 6.89. The van der Waals surface area contributed by atoms with Crippen LogP contribution in [0.2, 0.25) is 0 Å². The van der Waals surface area contributed by atoms with E-state index < -0.39 is 0 Å². The van der Waals surface area contributed by atoms with Crippen LogP contribution in [0.25, 0.3) is 0 Å². The summed E-state index contributed by atoms with van der Waals surface area (Å²) in [6.07, 6.45) is 6.26. The third-order valence-electron chi connectivity index (χ3n) is 2.93. The molecule has 1 aromatic rings. The topological polar surface area (TPSA) is 17.1 Å². The summed E-state index contributed by atoms with van der Waals surface area (Å²) >= 11 is 0. The van der Waals surface area contributed by atoms with Crippen LogP contribution < -0.4 is 0 Å². The van der Waals surface area contributed by atoms with Gasteiger partial charge in [0.2, 0.25) is 0 Å². The normalized spacial score (nSPS) is 11.9. The first-order valence-electron chi connectivity index (χ1n) is 6.53. The van der Waals surface area contributed by atoms with Gasteiger partial charge in [-0.05, 0) is 45.4 Å². The smallest absolute Gasteiger partial charge is 0.167 e. The zero-order valence-corrected chi connectivity index (χ0v) is 12.3. The molecule has 0 aliphatic carbocycles. The molecule has 0 bridgehead atoms. The van der Waals surface area contributed by atoms with Crippen molar-refractivity contribution in [3.05, 3.63) is 70.8 Å². The largest absolute Gasteiger partial charge is 0.294 e. The van der Waals surface area contributed by atoms with Crippen molar-refractivity contribution in [2.45, 2.75) is 34.1 Å². The summed E-state index contributed by atoms with van der Waals surface area (Å²) < 4.78 is 0. The predicted molar refractivity (Wildman–Crippen MR) is 82.6 cm³/mol. The molecule has 1 aromatic carbocycles. The van der Waals surface area contributed by atoms with Gasteiger partial charge in [-0.2, -0.15) is 0 Å². The highest BCUT2D eigenvalue weighted by molar-refractivity contribution is 5.98. The molecule has 1 nitrogen and oxygen atoms in total. The van der Waals surface area contributed by atoms with E-state index in [4.69, 9.17) is 0 Å². The van der Waals surface area contributed by atoms with E-state index in [1.807, 2.05) is 58.1 Å². The molecule has 0 unspecified atom stereocenters. The number of hydrogen-bond donors (Lipinski definition) is 0. The Morgan fingerprint density at radius 1 is 1.21 bits per heavy atom. The van der Waals surface area contributed by atoms with E-state index in [1.165, 1.54) is 0 Å². The molecule has 100 valence electrons. The fourth-order valence-electron chi connectivity index (χ4n) is 1.98. The Morgan fingerprint density at radius 3 is 2.26 bits per heavy atom. The van der Waals surface area contributed by atoms with Crippen molar-refractivity contribution in [2.24, 2.45) is 0 Å². The quantitative estimate of drug-likeness (QED) is 0.536. The molecule has 0 saturated heterocycles. The van der Waals surface area contributed by atoms with Crippen molar-refractivity contribution in [2.75, 3.05) is 0 Å². The molecule has 0 atom stereocenters. The summed E-state index contributed by atoms with van der Waals surface area (Å²) in [5.41, 5.74) is 4.96. The van der Waals surface area contributed by atoms with Crippen molar-refractivity contribution in [1.29, 1.82) is 0 Å². The minimum absolute atomic E-state index is 0.144. The maximum absolute atomic E-state index is 12.3. The first-order valence-corrected chi connectivity index (χ1v) is 6.53. The van der Waals surface area contributed by atoms with E-state index in [0.29, 0.717) is 6.42 Å². The van der Waals surface area contributed by atoms with E-state index >= 15 is 0 Å². The molecule has 0 aliphatic heterocycles. The highest BCUT2D eigenvalue weighted by Crippen LogP contribution is 2.18. The van der Waals surface area contributed by atoms with Crippen LogP contribution in [0.3, 0.4) is 0 Å². The van der Waals surface area contributed by atoms with E-state index in [-0.39, 0.29) is 5.78 Å². The second-order valence-electron chi connectivity index (χ2n) is 4.97. The first-order chi connectivity index (χ1) is 8.93. The van der Waals surface area contributed by atoms with Gasteiger partial charge in [-0.15, -0.1) is 0 Å². The standard InChI is InChI=1S/C18H22O/c1-6-7-8-16(13(2)3)12-18(19)17-10-14(4)9-15(5)11-17/h6-11H,2,12H2,1,3-5H3/b7-6-,16-8-. The van der Waals surface area contributed by atoms with Crippen LogP contribution in [0.4, 0.5) is 0 Å².